The Morgan fingerprint density at radius 1 is 1.15 bits per heavy atom. The van der Waals surface area contributed by atoms with Crippen molar-refractivity contribution in [1.82, 2.24) is 5.32 Å². The second kappa shape index (κ2) is 10.1. The van der Waals surface area contributed by atoms with E-state index in [0.717, 1.165) is 10.5 Å². The van der Waals surface area contributed by atoms with Gasteiger partial charge in [-0.25, -0.2) is 4.79 Å². The number of ether oxygens (including phenoxy) is 1. The van der Waals surface area contributed by atoms with Crippen molar-refractivity contribution >= 4 is 46.0 Å². The monoisotopic (exact) mass is 406 g/mol. The first-order valence-corrected chi connectivity index (χ1v) is 10.3. The molecular formula is C19H22N2O4S2. The third-order valence-corrected chi connectivity index (χ3v) is 5.16. The van der Waals surface area contributed by atoms with Crippen LogP contribution in [0, 0.1) is 0 Å². The summed E-state index contributed by atoms with van der Waals surface area (Å²) in [7, 11) is 0. The molecule has 2 aromatic rings. The Kier molecular flexibility index (Phi) is 7.87. The molecule has 0 spiro atoms. The zero-order valence-electron chi connectivity index (χ0n) is 15.4. The molecule has 6 nitrogen and oxygen atoms in total. The van der Waals surface area contributed by atoms with Crippen LogP contribution in [0.3, 0.4) is 0 Å². The zero-order valence-corrected chi connectivity index (χ0v) is 17.0. The molecule has 0 atom stereocenters. The molecule has 2 N–H and O–H groups in total. The molecule has 0 aliphatic rings. The Bertz CT molecular complexity index is 800. The summed E-state index contributed by atoms with van der Waals surface area (Å²) in [5.41, 5.74) is 1.11. The molecule has 0 aliphatic heterocycles. The average Bonchev–Trinajstić information content (AvgIpc) is 3.04. The molecule has 1 aromatic heterocycles. The number of amides is 3. The minimum Gasteiger partial charge on any atom is -0.450 e. The Balaban J connectivity index is 1.95. The van der Waals surface area contributed by atoms with Crippen molar-refractivity contribution in [1.29, 1.82) is 0 Å². The Hall–Kier alpha value is -2.32. The summed E-state index contributed by atoms with van der Waals surface area (Å²) < 4.78 is 4.69. The van der Waals surface area contributed by atoms with Gasteiger partial charge in [0.05, 0.1) is 18.6 Å². The number of anilines is 1. The number of rotatable bonds is 7. The van der Waals surface area contributed by atoms with Crippen molar-refractivity contribution in [2.24, 2.45) is 0 Å². The first-order valence-electron chi connectivity index (χ1n) is 8.50. The van der Waals surface area contributed by atoms with Gasteiger partial charge in [-0.15, -0.1) is 23.1 Å². The van der Waals surface area contributed by atoms with E-state index in [1.54, 1.807) is 30.1 Å². The Morgan fingerprint density at radius 2 is 1.85 bits per heavy atom. The lowest BCUT2D eigenvalue weighted by molar-refractivity contribution is -0.115. The Labute approximate surface area is 166 Å². The van der Waals surface area contributed by atoms with E-state index in [-0.39, 0.29) is 24.5 Å². The van der Waals surface area contributed by atoms with E-state index in [4.69, 9.17) is 0 Å². The minimum absolute atomic E-state index is 0.167. The van der Waals surface area contributed by atoms with Gasteiger partial charge < -0.3 is 10.1 Å². The van der Waals surface area contributed by atoms with Crippen LogP contribution >= 0.6 is 23.1 Å². The number of imide groups is 1. The molecule has 8 heteroatoms. The quantitative estimate of drug-likeness (QED) is 0.669. The number of carbonyl (C=O) groups excluding carboxylic acids is 3. The Morgan fingerprint density at radius 3 is 2.48 bits per heavy atom. The van der Waals surface area contributed by atoms with Gasteiger partial charge in [-0.3, -0.25) is 14.9 Å². The molecule has 0 aliphatic carbocycles. The maximum atomic E-state index is 12.3. The maximum absolute atomic E-state index is 12.3. The summed E-state index contributed by atoms with van der Waals surface area (Å²) in [5.74, 6) is -0.841. The molecule has 0 saturated carbocycles. The van der Waals surface area contributed by atoms with Gasteiger partial charge >= 0.3 is 6.09 Å². The summed E-state index contributed by atoms with van der Waals surface area (Å²) in [6, 6.07) is 9.39. The van der Waals surface area contributed by atoms with Crippen LogP contribution < -0.4 is 10.6 Å². The smallest absolute Gasteiger partial charge is 0.414 e. The van der Waals surface area contributed by atoms with Gasteiger partial charge in [0.1, 0.15) is 5.00 Å². The van der Waals surface area contributed by atoms with Crippen LogP contribution in [-0.2, 0) is 16.0 Å². The highest BCUT2D eigenvalue weighted by atomic mass is 32.2. The van der Waals surface area contributed by atoms with Crippen LogP contribution in [-0.4, -0.2) is 29.8 Å². The van der Waals surface area contributed by atoms with E-state index >= 15 is 0 Å². The van der Waals surface area contributed by atoms with E-state index in [9.17, 15) is 14.4 Å². The number of hydrogen-bond donors (Lipinski definition) is 2. The highest BCUT2D eigenvalue weighted by Crippen LogP contribution is 2.25. The van der Waals surface area contributed by atoms with E-state index in [1.807, 2.05) is 24.3 Å². The van der Waals surface area contributed by atoms with Crippen LogP contribution in [0.5, 0.6) is 0 Å². The number of benzene rings is 1. The van der Waals surface area contributed by atoms with Crippen LogP contribution in [0.1, 0.15) is 36.7 Å². The summed E-state index contributed by atoms with van der Waals surface area (Å²) in [4.78, 5) is 37.0. The standard InChI is InChI=1S/C19H22N2O4S2/c1-4-25-19(24)21-17(23)15-9-10-26-18(15)20-16(22)11-13-5-7-14(8-6-13)27-12(2)3/h5-10,12H,4,11H2,1-3H3,(H,20,22)(H,21,23,24). The molecule has 0 fully saturated rings. The lowest BCUT2D eigenvalue weighted by Gasteiger charge is -2.08. The normalized spacial score (nSPS) is 10.5. The van der Waals surface area contributed by atoms with Gasteiger partial charge in [-0.1, -0.05) is 26.0 Å². The predicted molar refractivity (Wildman–Crippen MR) is 109 cm³/mol. The number of thioether (sulfide) groups is 1. The van der Waals surface area contributed by atoms with Gasteiger partial charge in [0.15, 0.2) is 0 Å². The summed E-state index contributed by atoms with van der Waals surface area (Å²) >= 11 is 2.98. The van der Waals surface area contributed by atoms with E-state index < -0.39 is 12.0 Å². The molecule has 0 unspecified atom stereocenters. The number of alkyl carbamates (subject to hydrolysis) is 1. The van der Waals surface area contributed by atoms with Crippen molar-refractivity contribution in [2.45, 2.75) is 37.3 Å². The molecule has 0 radical (unpaired) electrons. The molecule has 144 valence electrons. The number of nitrogens with one attached hydrogen (secondary N) is 2. The lowest BCUT2D eigenvalue weighted by Crippen LogP contribution is -2.31. The fourth-order valence-corrected chi connectivity index (χ4v) is 3.86. The highest BCUT2D eigenvalue weighted by Gasteiger charge is 2.18. The van der Waals surface area contributed by atoms with Gasteiger partial charge in [0.2, 0.25) is 5.91 Å². The first kappa shape index (κ1) is 21.0. The van der Waals surface area contributed by atoms with Crippen molar-refractivity contribution in [3.05, 3.63) is 46.8 Å². The SMILES string of the molecule is CCOC(=O)NC(=O)c1ccsc1NC(=O)Cc1ccc(SC(C)C)cc1. The second-order valence-electron chi connectivity index (χ2n) is 5.87. The highest BCUT2D eigenvalue weighted by molar-refractivity contribution is 7.99. The summed E-state index contributed by atoms with van der Waals surface area (Å²) in [6.07, 6.45) is -0.617. The molecule has 1 aromatic carbocycles. The van der Waals surface area contributed by atoms with Gasteiger partial charge in [0, 0.05) is 10.1 Å². The lowest BCUT2D eigenvalue weighted by atomic mass is 10.1. The number of carbonyl (C=O) groups is 3. The second-order valence-corrected chi connectivity index (χ2v) is 8.44. The molecule has 0 bridgehead atoms. The topological polar surface area (TPSA) is 84.5 Å². The molecule has 27 heavy (non-hydrogen) atoms. The van der Waals surface area contributed by atoms with E-state index in [0.29, 0.717) is 10.3 Å². The fraction of sp³-hybridized carbons (Fsp3) is 0.316. The fourth-order valence-electron chi connectivity index (χ4n) is 2.23. The molecule has 0 saturated heterocycles. The van der Waals surface area contributed by atoms with Crippen molar-refractivity contribution in [3.8, 4) is 0 Å². The summed E-state index contributed by atoms with van der Waals surface area (Å²) in [6.45, 7) is 6.07. The molecule has 3 amide bonds. The van der Waals surface area contributed by atoms with Gasteiger partial charge in [-0.05, 0) is 36.1 Å². The van der Waals surface area contributed by atoms with Gasteiger partial charge in [-0.2, -0.15) is 0 Å². The van der Waals surface area contributed by atoms with Crippen LogP contribution in [0.4, 0.5) is 9.80 Å². The zero-order chi connectivity index (χ0) is 19.8. The van der Waals surface area contributed by atoms with Crippen LogP contribution in [0.2, 0.25) is 0 Å². The minimum atomic E-state index is -0.815. The molecule has 1 heterocycles. The molecule has 2 rings (SSSR count). The van der Waals surface area contributed by atoms with Crippen LogP contribution in [0.25, 0.3) is 0 Å². The third kappa shape index (κ3) is 6.73. The number of hydrogen-bond acceptors (Lipinski definition) is 6. The third-order valence-electron chi connectivity index (χ3n) is 3.31. The van der Waals surface area contributed by atoms with E-state index in [1.165, 1.54) is 11.3 Å². The maximum Gasteiger partial charge on any atom is 0.414 e. The molecular weight excluding hydrogens is 384 g/mol. The first-order chi connectivity index (χ1) is 12.9. The van der Waals surface area contributed by atoms with Crippen molar-refractivity contribution in [3.63, 3.8) is 0 Å². The van der Waals surface area contributed by atoms with Crippen molar-refractivity contribution in [2.75, 3.05) is 11.9 Å². The van der Waals surface area contributed by atoms with Crippen LogP contribution in [0.15, 0.2) is 40.6 Å². The number of thiophene rings is 1. The predicted octanol–water partition coefficient (Wildman–Crippen LogP) is 4.32. The van der Waals surface area contributed by atoms with Crippen molar-refractivity contribution < 1.29 is 19.1 Å². The van der Waals surface area contributed by atoms with E-state index in [2.05, 4.69) is 29.2 Å². The largest absolute Gasteiger partial charge is 0.450 e. The average molecular weight is 407 g/mol. The van der Waals surface area contributed by atoms with Gasteiger partial charge in [0.25, 0.3) is 5.91 Å². The summed E-state index contributed by atoms with van der Waals surface area (Å²) in [5, 5.41) is 7.42.